The summed E-state index contributed by atoms with van der Waals surface area (Å²) < 4.78 is 27.5. The van der Waals surface area contributed by atoms with Gasteiger partial charge in [-0.2, -0.15) is 0 Å². The van der Waals surface area contributed by atoms with Crippen molar-refractivity contribution in [2.24, 2.45) is 11.1 Å². The first-order chi connectivity index (χ1) is 9.31. The van der Waals surface area contributed by atoms with Gasteiger partial charge >= 0.3 is 0 Å². The van der Waals surface area contributed by atoms with Crippen molar-refractivity contribution in [2.75, 3.05) is 12.4 Å². The fourth-order valence-corrected chi connectivity index (χ4v) is 2.59. The van der Waals surface area contributed by atoms with Crippen LogP contribution in [0.15, 0.2) is 12.1 Å². The van der Waals surface area contributed by atoms with Crippen molar-refractivity contribution in [3.05, 3.63) is 23.5 Å². The van der Waals surface area contributed by atoms with Crippen molar-refractivity contribution < 1.29 is 13.2 Å². The molecule has 2 N–H and O–H groups in total. The third-order valence-corrected chi connectivity index (χ3v) is 3.97. The molecule has 1 aromatic rings. The van der Waals surface area contributed by atoms with Gasteiger partial charge in [-0.15, -0.1) is 0 Å². The van der Waals surface area contributed by atoms with Crippen molar-refractivity contribution in [2.45, 2.75) is 40.0 Å². The quantitative estimate of drug-likeness (QED) is 0.796. The summed E-state index contributed by atoms with van der Waals surface area (Å²) in [5.41, 5.74) is 1.94. The molecule has 0 aromatic carbocycles. The Balaban J connectivity index is 2.41. The number of aryl methyl sites for hydroxylation is 2. The van der Waals surface area contributed by atoms with Crippen LogP contribution < -0.4 is 9.88 Å². The molecule has 1 heterocycles. The zero-order valence-electron chi connectivity index (χ0n) is 12.4. The molecule has 6 heteroatoms. The molecule has 5 nitrogen and oxygen atoms in total. The van der Waals surface area contributed by atoms with Gasteiger partial charge in [-0.05, 0) is 44.2 Å². The molecule has 0 saturated heterocycles. The van der Waals surface area contributed by atoms with Gasteiger partial charge in [0.1, 0.15) is 5.75 Å². The van der Waals surface area contributed by atoms with Gasteiger partial charge in [-0.1, -0.05) is 13.8 Å². The second kappa shape index (κ2) is 7.59. The zero-order valence-corrected chi connectivity index (χ0v) is 13.2. The largest absolute Gasteiger partial charge is 0.492 e. The number of hydrogen-bond donors (Lipinski definition) is 1. The average molecular weight is 300 g/mol. The first-order valence-electron chi connectivity index (χ1n) is 6.91. The highest BCUT2D eigenvalue weighted by molar-refractivity contribution is 7.89. The molecule has 1 unspecified atom stereocenters. The van der Waals surface area contributed by atoms with Crippen LogP contribution >= 0.6 is 0 Å². The van der Waals surface area contributed by atoms with E-state index in [4.69, 9.17) is 9.88 Å². The average Bonchev–Trinajstić information content (AvgIpc) is 2.37. The fraction of sp³-hybridized carbons (Fsp3) is 0.643. The van der Waals surface area contributed by atoms with E-state index in [2.05, 4.69) is 4.98 Å². The van der Waals surface area contributed by atoms with E-state index in [0.717, 1.165) is 30.0 Å². The van der Waals surface area contributed by atoms with E-state index >= 15 is 0 Å². The fourth-order valence-electron chi connectivity index (χ4n) is 1.86. The lowest BCUT2D eigenvalue weighted by atomic mass is 10.1. The molecule has 0 saturated carbocycles. The summed E-state index contributed by atoms with van der Waals surface area (Å²) in [4.78, 5) is 4.44. The van der Waals surface area contributed by atoms with E-state index in [0.29, 0.717) is 13.0 Å². The molecular formula is C14H24N2O3S. The maximum atomic E-state index is 10.9. The Morgan fingerprint density at radius 2 is 2.05 bits per heavy atom. The van der Waals surface area contributed by atoms with E-state index in [1.165, 1.54) is 0 Å². The summed E-state index contributed by atoms with van der Waals surface area (Å²) in [6, 6.07) is 3.87. The lowest BCUT2D eigenvalue weighted by Gasteiger charge is -2.13. The van der Waals surface area contributed by atoms with Gasteiger partial charge in [0.05, 0.1) is 18.1 Å². The molecular weight excluding hydrogens is 276 g/mol. The van der Waals surface area contributed by atoms with E-state index in [1.807, 2.05) is 32.9 Å². The van der Waals surface area contributed by atoms with Crippen LogP contribution in [0.5, 0.6) is 5.75 Å². The first kappa shape index (κ1) is 16.9. The van der Waals surface area contributed by atoms with Crippen LogP contribution in [0, 0.1) is 12.8 Å². The van der Waals surface area contributed by atoms with E-state index in [1.54, 1.807) is 0 Å². The monoisotopic (exact) mass is 300 g/mol. The van der Waals surface area contributed by atoms with E-state index < -0.39 is 10.0 Å². The summed E-state index contributed by atoms with van der Waals surface area (Å²) >= 11 is 0. The van der Waals surface area contributed by atoms with Crippen LogP contribution in [0.2, 0.25) is 0 Å². The van der Waals surface area contributed by atoms with Crippen molar-refractivity contribution >= 4 is 10.0 Å². The maximum Gasteiger partial charge on any atom is 0.209 e. The minimum atomic E-state index is -3.36. The second-order valence-corrected chi connectivity index (χ2v) is 6.88. The molecule has 0 aliphatic carbocycles. The molecule has 1 aromatic heterocycles. The highest BCUT2D eigenvalue weighted by atomic mass is 32.2. The van der Waals surface area contributed by atoms with Gasteiger partial charge in [0.25, 0.3) is 0 Å². The van der Waals surface area contributed by atoms with Gasteiger partial charge in [0.15, 0.2) is 0 Å². The lowest BCUT2D eigenvalue weighted by molar-refractivity contribution is 0.278. The molecule has 0 bridgehead atoms. The molecule has 114 valence electrons. The van der Waals surface area contributed by atoms with Gasteiger partial charge < -0.3 is 4.74 Å². The SMILES string of the molecule is CCc1nc(C)ccc1OCCC(C)CCS(N)(=O)=O. The maximum absolute atomic E-state index is 10.9. The van der Waals surface area contributed by atoms with Crippen LogP contribution in [0.1, 0.15) is 38.1 Å². The topological polar surface area (TPSA) is 82.3 Å². The number of ether oxygens (including phenoxy) is 1. The molecule has 20 heavy (non-hydrogen) atoms. The minimum Gasteiger partial charge on any atom is -0.492 e. The summed E-state index contributed by atoms with van der Waals surface area (Å²) in [6.45, 7) is 6.56. The van der Waals surface area contributed by atoms with E-state index in [9.17, 15) is 8.42 Å². The number of rotatable bonds is 8. The highest BCUT2D eigenvalue weighted by Crippen LogP contribution is 2.18. The van der Waals surface area contributed by atoms with Crippen molar-refractivity contribution in [3.63, 3.8) is 0 Å². The van der Waals surface area contributed by atoms with Crippen molar-refractivity contribution in [1.29, 1.82) is 0 Å². The van der Waals surface area contributed by atoms with Crippen molar-refractivity contribution in [1.82, 2.24) is 4.98 Å². The summed E-state index contributed by atoms with van der Waals surface area (Å²) in [7, 11) is -3.36. The predicted molar refractivity (Wildman–Crippen MR) is 80.2 cm³/mol. The standard InChI is InChI=1S/C14H24N2O3S/c1-4-13-14(6-5-12(3)16-13)19-9-7-11(2)8-10-20(15,17)18/h5-6,11H,4,7-10H2,1-3H3,(H2,15,17,18). The summed E-state index contributed by atoms with van der Waals surface area (Å²) in [5.74, 6) is 1.11. The molecule has 1 rings (SSSR count). The van der Waals surface area contributed by atoms with Crippen LogP contribution in [-0.4, -0.2) is 25.8 Å². The molecule has 0 radical (unpaired) electrons. The Kier molecular flexibility index (Phi) is 6.42. The molecule has 0 fully saturated rings. The third kappa shape index (κ3) is 6.34. The second-order valence-electron chi connectivity index (χ2n) is 5.15. The Bertz CT molecular complexity index is 529. The summed E-state index contributed by atoms with van der Waals surface area (Å²) in [5, 5.41) is 4.99. The third-order valence-electron chi connectivity index (χ3n) is 3.17. The number of hydrogen-bond acceptors (Lipinski definition) is 4. The Morgan fingerprint density at radius 1 is 1.35 bits per heavy atom. The van der Waals surface area contributed by atoms with Gasteiger partial charge in [0.2, 0.25) is 10.0 Å². The lowest BCUT2D eigenvalue weighted by Crippen LogP contribution is -2.19. The van der Waals surface area contributed by atoms with Gasteiger partial charge in [0, 0.05) is 5.69 Å². The number of primary sulfonamides is 1. The van der Waals surface area contributed by atoms with Crippen LogP contribution in [-0.2, 0) is 16.4 Å². The van der Waals surface area contributed by atoms with E-state index in [-0.39, 0.29) is 11.7 Å². The van der Waals surface area contributed by atoms with Crippen LogP contribution in [0.3, 0.4) is 0 Å². The molecule has 0 aliphatic rings. The van der Waals surface area contributed by atoms with Crippen LogP contribution in [0.25, 0.3) is 0 Å². The molecule has 1 atom stereocenters. The number of nitrogens with two attached hydrogens (primary N) is 1. The number of nitrogens with zero attached hydrogens (tertiary/aromatic N) is 1. The van der Waals surface area contributed by atoms with Gasteiger partial charge in [-0.3, -0.25) is 4.98 Å². The van der Waals surface area contributed by atoms with Crippen LogP contribution in [0.4, 0.5) is 0 Å². The molecule has 0 amide bonds. The van der Waals surface area contributed by atoms with Crippen molar-refractivity contribution in [3.8, 4) is 5.75 Å². The Labute approximate surface area is 121 Å². The zero-order chi connectivity index (χ0) is 15.2. The highest BCUT2D eigenvalue weighted by Gasteiger charge is 2.09. The number of pyridine rings is 1. The Hall–Kier alpha value is -1.14. The minimum absolute atomic E-state index is 0.0282. The first-order valence-corrected chi connectivity index (χ1v) is 8.63. The number of aromatic nitrogens is 1. The number of sulfonamides is 1. The molecule has 0 spiro atoms. The molecule has 0 aliphatic heterocycles. The normalized spacial score (nSPS) is 13.2. The Morgan fingerprint density at radius 3 is 2.65 bits per heavy atom. The van der Waals surface area contributed by atoms with Gasteiger partial charge in [-0.25, -0.2) is 13.6 Å². The summed E-state index contributed by atoms with van der Waals surface area (Å²) in [6.07, 6.45) is 2.19. The smallest absolute Gasteiger partial charge is 0.209 e. The predicted octanol–water partition coefficient (Wildman–Crippen LogP) is 2.04.